The molecule has 0 aromatic carbocycles. The highest BCUT2D eigenvalue weighted by atomic mass is 16.1. The van der Waals surface area contributed by atoms with Gasteiger partial charge in [0, 0.05) is 36.9 Å². The van der Waals surface area contributed by atoms with Gasteiger partial charge in [0.2, 0.25) is 5.91 Å². The fourth-order valence-corrected chi connectivity index (χ4v) is 1.74. The van der Waals surface area contributed by atoms with Crippen LogP contribution in [0.1, 0.15) is 36.6 Å². The second kappa shape index (κ2) is 6.08. The van der Waals surface area contributed by atoms with Gasteiger partial charge in [0.15, 0.2) is 0 Å². The number of hydrogen-bond donors (Lipinski definition) is 2. The lowest BCUT2D eigenvalue weighted by Crippen LogP contribution is -2.27. The quantitative estimate of drug-likeness (QED) is 0.848. The van der Waals surface area contributed by atoms with Crippen LogP contribution in [0.15, 0.2) is 24.8 Å². The molecule has 0 saturated heterocycles. The van der Waals surface area contributed by atoms with Gasteiger partial charge in [0.1, 0.15) is 5.82 Å². The summed E-state index contributed by atoms with van der Waals surface area (Å²) < 4.78 is 0. The Morgan fingerprint density at radius 2 is 2.21 bits per heavy atom. The summed E-state index contributed by atoms with van der Waals surface area (Å²) >= 11 is 0. The number of aromatic amines is 1. The minimum atomic E-state index is -0.122. The molecule has 0 aliphatic heterocycles. The molecule has 2 N–H and O–H groups in total. The van der Waals surface area contributed by atoms with E-state index in [-0.39, 0.29) is 11.9 Å². The van der Waals surface area contributed by atoms with Gasteiger partial charge in [-0.1, -0.05) is 0 Å². The molecular weight excluding hydrogens is 242 g/mol. The molecule has 1 atom stereocenters. The van der Waals surface area contributed by atoms with E-state index >= 15 is 0 Å². The van der Waals surface area contributed by atoms with Gasteiger partial charge in [0.25, 0.3) is 0 Å². The van der Waals surface area contributed by atoms with Crippen molar-refractivity contribution in [3.8, 4) is 0 Å². The van der Waals surface area contributed by atoms with Gasteiger partial charge in [-0.3, -0.25) is 14.8 Å². The Hall–Kier alpha value is -2.24. The lowest BCUT2D eigenvalue weighted by atomic mass is 10.2. The average molecular weight is 259 g/mol. The molecular formula is C13H17N5O. The summed E-state index contributed by atoms with van der Waals surface area (Å²) in [7, 11) is 0. The number of carbonyl (C=O) groups is 1. The zero-order valence-corrected chi connectivity index (χ0v) is 11.1. The summed E-state index contributed by atoms with van der Waals surface area (Å²) in [5, 5.41) is 2.90. The molecule has 2 rings (SSSR count). The second-order valence-electron chi connectivity index (χ2n) is 4.44. The Bertz CT molecular complexity index is 537. The minimum Gasteiger partial charge on any atom is -0.346 e. The highest BCUT2D eigenvalue weighted by Crippen LogP contribution is 2.08. The molecule has 100 valence electrons. The maximum atomic E-state index is 11.8. The van der Waals surface area contributed by atoms with Crippen molar-refractivity contribution in [1.82, 2.24) is 25.3 Å². The predicted octanol–water partition coefficient (Wildman–Crippen LogP) is 1.32. The topological polar surface area (TPSA) is 83.6 Å². The largest absolute Gasteiger partial charge is 0.346 e. The summed E-state index contributed by atoms with van der Waals surface area (Å²) in [6, 6.07) is -0.122. The number of amides is 1. The summed E-state index contributed by atoms with van der Waals surface area (Å²) in [5.41, 5.74) is 1.80. The van der Waals surface area contributed by atoms with Gasteiger partial charge in [-0.2, -0.15) is 0 Å². The van der Waals surface area contributed by atoms with Gasteiger partial charge >= 0.3 is 0 Å². The molecule has 6 nitrogen and oxygen atoms in total. The molecule has 0 aliphatic rings. The Morgan fingerprint density at radius 3 is 2.84 bits per heavy atom. The van der Waals surface area contributed by atoms with Gasteiger partial charge in [-0.25, -0.2) is 4.98 Å². The van der Waals surface area contributed by atoms with Crippen LogP contribution in [0.2, 0.25) is 0 Å². The third kappa shape index (κ3) is 3.87. The highest BCUT2D eigenvalue weighted by Gasteiger charge is 2.12. The maximum Gasteiger partial charge on any atom is 0.220 e. The molecule has 0 fully saturated rings. The number of carbonyl (C=O) groups excluding carboxylic acids is 1. The van der Waals surface area contributed by atoms with E-state index in [0.717, 1.165) is 17.2 Å². The zero-order chi connectivity index (χ0) is 13.7. The van der Waals surface area contributed by atoms with E-state index in [4.69, 9.17) is 0 Å². The zero-order valence-electron chi connectivity index (χ0n) is 11.1. The van der Waals surface area contributed by atoms with Crippen LogP contribution in [0.3, 0.4) is 0 Å². The van der Waals surface area contributed by atoms with Crippen LogP contribution in [0.4, 0.5) is 0 Å². The summed E-state index contributed by atoms with van der Waals surface area (Å²) in [6.45, 7) is 3.83. The smallest absolute Gasteiger partial charge is 0.220 e. The van der Waals surface area contributed by atoms with Crippen LogP contribution in [0.5, 0.6) is 0 Å². The number of imidazole rings is 1. The highest BCUT2D eigenvalue weighted by molar-refractivity contribution is 5.76. The first kappa shape index (κ1) is 13.2. The van der Waals surface area contributed by atoms with Crippen molar-refractivity contribution < 1.29 is 4.79 Å². The van der Waals surface area contributed by atoms with Crippen molar-refractivity contribution in [3.05, 3.63) is 42.0 Å². The lowest BCUT2D eigenvalue weighted by Gasteiger charge is -2.11. The van der Waals surface area contributed by atoms with Crippen molar-refractivity contribution >= 4 is 5.91 Å². The molecule has 0 radical (unpaired) electrons. The Morgan fingerprint density at radius 1 is 1.37 bits per heavy atom. The first-order valence-electron chi connectivity index (χ1n) is 6.21. The van der Waals surface area contributed by atoms with E-state index in [1.165, 1.54) is 0 Å². The van der Waals surface area contributed by atoms with E-state index in [1.54, 1.807) is 24.8 Å². The molecule has 2 heterocycles. The summed E-state index contributed by atoms with van der Waals surface area (Å²) in [4.78, 5) is 27.2. The summed E-state index contributed by atoms with van der Waals surface area (Å²) in [5.74, 6) is 0.748. The fourth-order valence-electron chi connectivity index (χ4n) is 1.74. The Labute approximate surface area is 111 Å². The van der Waals surface area contributed by atoms with E-state index in [9.17, 15) is 4.79 Å². The van der Waals surface area contributed by atoms with E-state index in [2.05, 4.69) is 25.3 Å². The van der Waals surface area contributed by atoms with Crippen molar-refractivity contribution in [2.75, 3.05) is 0 Å². The molecule has 19 heavy (non-hydrogen) atoms. The van der Waals surface area contributed by atoms with Crippen LogP contribution in [0, 0.1) is 6.92 Å². The number of H-pyrrole nitrogens is 1. The van der Waals surface area contributed by atoms with E-state index in [1.807, 2.05) is 13.8 Å². The van der Waals surface area contributed by atoms with Crippen LogP contribution in [-0.2, 0) is 11.2 Å². The van der Waals surface area contributed by atoms with Crippen molar-refractivity contribution in [2.45, 2.75) is 32.7 Å². The van der Waals surface area contributed by atoms with Crippen molar-refractivity contribution in [1.29, 1.82) is 0 Å². The molecule has 0 aliphatic carbocycles. The third-order valence-corrected chi connectivity index (χ3v) is 2.74. The number of nitrogens with one attached hydrogen (secondary N) is 2. The van der Waals surface area contributed by atoms with Crippen LogP contribution >= 0.6 is 0 Å². The maximum absolute atomic E-state index is 11.8. The molecule has 2 aromatic heterocycles. The van der Waals surface area contributed by atoms with Gasteiger partial charge in [0.05, 0.1) is 11.7 Å². The molecule has 6 heteroatoms. The van der Waals surface area contributed by atoms with Crippen LogP contribution < -0.4 is 5.32 Å². The normalized spacial score (nSPS) is 12.1. The van der Waals surface area contributed by atoms with E-state index < -0.39 is 0 Å². The Balaban J connectivity index is 1.81. The van der Waals surface area contributed by atoms with Crippen molar-refractivity contribution in [2.24, 2.45) is 0 Å². The van der Waals surface area contributed by atoms with Crippen molar-refractivity contribution in [3.63, 3.8) is 0 Å². The number of aromatic nitrogens is 4. The monoisotopic (exact) mass is 259 g/mol. The van der Waals surface area contributed by atoms with Crippen LogP contribution in [-0.4, -0.2) is 25.8 Å². The first-order chi connectivity index (χ1) is 9.15. The van der Waals surface area contributed by atoms with E-state index in [0.29, 0.717) is 12.8 Å². The molecule has 1 amide bonds. The van der Waals surface area contributed by atoms with Gasteiger partial charge in [-0.05, 0) is 20.3 Å². The third-order valence-electron chi connectivity index (χ3n) is 2.74. The number of nitrogens with zero attached hydrogens (tertiary/aromatic N) is 3. The molecule has 2 aromatic rings. The average Bonchev–Trinajstić information content (AvgIpc) is 2.84. The second-order valence-corrected chi connectivity index (χ2v) is 4.44. The number of hydrogen-bond acceptors (Lipinski definition) is 4. The standard InChI is InChI=1S/C13H17N5O/c1-9-7-16-13(17-9)10(2)18-12(19)4-3-11-8-14-5-6-15-11/h5-8,10H,3-4H2,1-2H3,(H,16,17)(H,18,19). The number of aryl methyl sites for hydroxylation is 2. The molecule has 0 saturated carbocycles. The fraction of sp³-hybridized carbons (Fsp3) is 0.385. The first-order valence-corrected chi connectivity index (χ1v) is 6.21. The molecule has 0 bridgehead atoms. The number of rotatable bonds is 5. The predicted molar refractivity (Wildman–Crippen MR) is 70.2 cm³/mol. The SMILES string of the molecule is Cc1cnc(C(C)NC(=O)CCc2cnccn2)[nH]1. The Kier molecular flexibility index (Phi) is 4.22. The van der Waals surface area contributed by atoms with Gasteiger partial charge in [-0.15, -0.1) is 0 Å². The molecule has 0 spiro atoms. The minimum absolute atomic E-state index is 0.0211. The lowest BCUT2D eigenvalue weighted by molar-refractivity contribution is -0.121. The molecule has 1 unspecified atom stereocenters. The van der Waals surface area contributed by atoms with Crippen LogP contribution in [0.25, 0.3) is 0 Å². The summed E-state index contributed by atoms with van der Waals surface area (Å²) in [6.07, 6.45) is 7.64. The van der Waals surface area contributed by atoms with Gasteiger partial charge < -0.3 is 10.3 Å².